The zero-order valence-corrected chi connectivity index (χ0v) is 14.1. The van der Waals surface area contributed by atoms with E-state index in [1.807, 2.05) is 18.2 Å². The van der Waals surface area contributed by atoms with Crippen LogP contribution in [0.25, 0.3) is 0 Å². The van der Waals surface area contributed by atoms with Gasteiger partial charge in [-0.15, -0.1) is 0 Å². The van der Waals surface area contributed by atoms with Crippen LogP contribution in [0.4, 0.5) is 0 Å². The van der Waals surface area contributed by atoms with Crippen LogP contribution in [0.15, 0.2) is 36.7 Å². The Morgan fingerprint density at radius 3 is 2.60 bits per heavy atom. The second-order valence-electron chi connectivity index (χ2n) is 5.38. The summed E-state index contributed by atoms with van der Waals surface area (Å²) in [6.07, 6.45) is 3.30. The van der Waals surface area contributed by atoms with Gasteiger partial charge >= 0.3 is 5.97 Å². The van der Waals surface area contributed by atoms with Gasteiger partial charge in [-0.3, -0.25) is 4.98 Å². The molecule has 0 fully saturated rings. The predicted octanol–water partition coefficient (Wildman–Crippen LogP) is 2.23. The number of aliphatic carboxylic acids is 1. The number of carboxylic acids is 1. The molecule has 2 aromatic rings. The lowest BCUT2D eigenvalue weighted by molar-refractivity contribution is -0.139. The van der Waals surface area contributed by atoms with E-state index in [-0.39, 0.29) is 0 Å². The van der Waals surface area contributed by atoms with Gasteiger partial charge in [0.2, 0.25) is 0 Å². The average Bonchev–Trinajstić information content (AvgIpc) is 2.64. The number of carbonyl (C=O) groups is 1. The molecule has 0 saturated heterocycles. The third kappa shape index (κ3) is 5.36. The molecule has 0 unspecified atom stereocenters. The zero-order valence-electron chi connectivity index (χ0n) is 14.1. The topological polar surface area (TPSA) is 98.1 Å². The Balaban J connectivity index is 1.99. The Bertz CT molecular complexity index is 718. The van der Waals surface area contributed by atoms with Crippen LogP contribution in [-0.2, 0) is 11.2 Å². The van der Waals surface area contributed by atoms with Crippen molar-refractivity contribution in [3.8, 4) is 17.2 Å². The molecule has 0 aliphatic carbocycles. The molecule has 0 amide bonds. The van der Waals surface area contributed by atoms with Crippen molar-refractivity contribution in [2.75, 3.05) is 20.8 Å². The molecule has 1 aromatic heterocycles. The van der Waals surface area contributed by atoms with Crippen molar-refractivity contribution in [2.24, 2.45) is 0 Å². The summed E-state index contributed by atoms with van der Waals surface area (Å²) in [6, 6.07) is 7.20. The number of nitrogens with zero attached hydrogens (tertiary/aromatic N) is 1. The molecule has 25 heavy (non-hydrogen) atoms. The molecule has 2 N–H and O–H groups in total. The summed E-state index contributed by atoms with van der Waals surface area (Å²) < 4.78 is 15.5. The van der Waals surface area contributed by atoms with Crippen molar-refractivity contribution >= 4 is 5.97 Å². The lowest BCUT2D eigenvalue weighted by Crippen LogP contribution is -2.10. The van der Waals surface area contributed by atoms with Gasteiger partial charge in [0.05, 0.1) is 26.5 Å². The van der Waals surface area contributed by atoms with E-state index in [1.54, 1.807) is 20.3 Å². The highest BCUT2D eigenvalue weighted by Crippen LogP contribution is 2.29. The summed E-state index contributed by atoms with van der Waals surface area (Å²) in [5.41, 5.74) is 1.58. The van der Waals surface area contributed by atoms with Gasteiger partial charge in [0.1, 0.15) is 5.75 Å². The second-order valence-corrected chi connectivity index (χ2v) is 5.38. The van der Waals surface area contributed by atoms with Crippen LogP contribution in [0.5, 0.6) is 17.2 Å². The van der Waals surface area contributed by atoms with Crippen LogP contribution in [0, 0.1) is 0 Å². The summed E-state index contributed by atoms with van der Waals surface area (Å²) in [5.74, 6) is 0.531. The van der Waals surface area contributed by atoms with Crippen LogP contribution in [-0.4, -0.2) is 42.0 Å². The van der Waals surface area contributed by atoms with Crippen LogP contribution < -0.4 is 14.2 Å². The lowest BCUT2D eigenvalue weighted by Gasteiger charge is -2.13. The fraction of sp³-hybridized carbons (Fsp3) is 0.333. The standard InChI is InChI=1S/C18H21NO6/c1-23-16-6-4-12(7-17(16)24-2)3-5-15(20)13-8-14(10-19-9-13)25-11-18(21)22/h4,6-10,15,20H,3,5,11H2,1-2H3,(H,21,22)/t15-/m1/s1. The Hall–Kier alpha value is -2.80. The van der Waals surface area contributed by atoms with Gasteiger partial charge in [-0.25, -0.2) is 4.79 Å². The van der Waals surface area contributed by atoms with Crippen LogP contribution in [0.1, 0.15) is 23.7 Å². The van der Waals surface area contributed by atoms with E-state index >= 15 is 0 Å². The summed E-state index contributed by atoms with van der Waals surface area (Å²) in [4.78, 5) is 14.5. The maximum atomic E-state index is 10.5. The number of rotatable bonds is 9. The molecule has 1 atom stereocenters. The Kier molecular flexibility index (Phi) is 6.59. The minimum atomic E-state index is -1.07. The Labute approximate surface area is 145 Å². The minimum Gasteiger partial charge on any atom is -0.493 e. The SMILES string of the molecule is COc1ccc(CC[C@@H](O)c2cncc(OCC(=O)O)c2)cc1OC. The van der Waals surface area contributed by atoms with Crippen LogP contribution in [0.3, 0.4) is 0 Å². The first-order chi connectivity index (χ1) is 12.0. The molecule has 0 radical (unpaired) electrons. The number of benzene rings is 1. The first-order valence-corrected chi connectivity index (χ1v) is 7.72. The van der Waals surface area contributed by atoms with Crippen molar-refractivity contribution < 1.29 is 29.2 Å². The van der Waals surface area contributed by atoms with Crippen molar-refractivity contribution in [1.29, 1.82) is 0 Å². The molecular formula is C18H21NO6. The second kappa shape index (κ2) is 8.89. The molecule has 7 heteroatoms. The van der Waals surface area contributed by atoms with Crippen molar-refractivity contribution in [3.63, 3.8) is 0 Å². The highest BCUT2D eigenvalue weighted by atomic mass is 16.5. The van der Waals surface area contributed by atoms with E-state index in [9.17, 15) is 9.90 Å². The van der Waals surface area contributed by atoms with Gasteiger partial charge in [-0.1, -0.05) is 6.07 Å². The fourth-order valence-electron chi connectivity index (χ4n) is 2.35. The van der Waals surface area contributed by atoms with Crippen LogP contribution in [0.2, 0.25) is 0 Å². The zero-order chi connectivity index (χ0) is 18.2. The maximum absolute atomic E-state index is 10.5. The third-order valence-corrected chi connectivity index (χ3v) is 3.64. The number of aryl methyl sites for hydroxylation is 1. The summed E-state index contributed by atoms with van der Waals surface area (Å²) in [7, 11) is 3.15. The molecule has 0 saturated carbocycles. The first kappa shape index (κ1) is 18.5. The highest BCUT2D eigenvalue weighted by molar-refractivity contribution is 5.68. The van der Waals surface area contributed by atoms with Crippen molar-refractivity contribution in [2.45, 2.75) is 18.9 Å². The van der Waals surface area contributed by atoms with Gasteiger partial charge in [-0.05, 0) is 36.6 Å². The summed E-state index contributed by atoms with van der Waals surface area (Å²) in [5, 5.41) is 19.0. The Morgan fingerprint density at radius 2 is 1.92 bits per heavy atom. The van der Waals surface area contributed by atoms with Gasteiger partial charge < -0.3 is 24.4 Å². The number of aromatic nitrogens is 1. The van der Waals surface area contributed by atoms with Gasteiger partial charge in [-0.2, -0.15) is 0 Å². The van der Waals surface area contributed by atoms with Gasteiger partial charge in [0, 0.05) is 11.8 Å². The molecule has 1 aromatic carbocycles. The first-order valence-electron chi connectivity index (χ1n) is 7.72. The monoisotopic (exact) mass is 347 g/mol. The van der Waals surface area contributed by atoms with E-state index in [2.05, 4.69) is 4.98 Å². The number of hydrogen-bond donors (Lipinski definition) is 2. The predicted molar refractivity (Wildman–Crippen MR) is 90.2 cm³/mol. The normalized spacial score (nSPS) is 11.6. The average molecular weight is 347 g/mol. The molecular weight excluding hydrogens is 326 g/mol. The number of ether oxygens (including phenoxy) is 3. The van der Waals surface area contributed by atoms with E-state index in [1.165, 1.54) is 12.4 Å². The molecule has 0 bridgehead atoms. The van der Waals surface area contributed by atoms with Gasteiger partial charge in [0.25, 0.3) is 0 Å². The maximum Gasteiger partial charge on any atom is 0.341 e. The largest absolute Gasteiger partial charge is 0.493 e. The number of aliphatic hydroxyl groups excluding tert-OH is 1. The molecule has 0 aliphatic heterocycles. The molecule has 0 spiro atoms. The molecule has 134 valence electrons. The molecule has 7 nitrogen and oxygen atoms in total. The Morgan fingerprint density at radius 1 is 1.16 bits per heavy atom. The van der Waals surface area contributed by atoms with Crippen LogP contribution >= 0.6 is 0 Å². The summed E-state index contributed by atoms with van der Waals surface area (Å²) in [6.45, 7) is -0.452. The lowest BCUT2D eigenvalue weighted by atomic mass is 10.0. The van der Waals surface area contributed by atoms with E-state index < -0.39 is 18.7 Å². The number of methoxy groups -OCH3 is 2. The van der Waals surface area contributed by atoms with Crippen molar-refractivity contribution in [1.82, 2.24) is 4.98 Å². The number of hydrogen-bond acceptors (Lipinski definition) is 6. The van der Waals surface area contributed by atoms with Crippen molar-refractivity contribution in [3.05, 3.63) is 47.8 Å². The van der Waals surface area contributed by atoms with E-state index in [0.29, 0.717) is 35.7 Å². The number of carboxylic acid groups (broad SMARTS) is 1. The van der Waals surface area contributed by atoms with E-state index in [0.717, 1.165) is 5.56 Å². The third-order valence-electron chi connectivity index (χ3n) is 3.64. The minimum absolute atomic E-state index is 0.310. The molecule has 2 rings (SSSR count). The quantitative estimate of drug-likeness (QED) is 0.718. The van der Waals surface area contributed by atoms with E-state index in [4.69, 9.17) is 19.3 Å². The number of aliphatic hydroxyl groups is 1. The summed E-state index contributed by atoms with van der Waals surface area (Å²) >= 11 is 0. The fourth-order valence-corrected chi connectivity index (χ4v) is 2.35. The molecule has 0 aliphatic rings. The van der Waals surface area contributed by atoms with Gasteiger partial charge in [0.15, 0.2) is 18.1 Å². The molecule has 1 heterocycles. The smallest absolute Gasteiger partial charge is 0.341 e. The highest BCUT2D eigenvalue weighted by Gasteiger charge is 2.12. The number of pyridine rings is 1.